The highest BCUT2D eigenvalue weighted by Gasteiger charge is 2.12. The average Bonchev–Trinajstić information content (AvgIpc) is 2.66. The summed E-state index contributed by atoms with van der Waals surface area (Å²) in [5.74, 6) is 0.327. The van der Waals surface area contributed by atoms with Gasteiger partial charge in [-0.05, 0) is 61.7 Å². The van der Waals surface area contributed by atoms with Crippen LogP contribution in [0.1, 0.15) is 41.3 Å². The number of aryl methyl sites for hydroxylation is 1. The van der Waals surface area contributed by atoms with E-state index in [2.05, 4.69) is 6.92 Å². The van der Waals surface area contributed by atoms with E-state index in [0.717, 1.165) is 29.4 Å². The number of halogens is 1. The minimum Gasteiger partial charge on any atom is -0.485 e. The minimum atomic E-state index is -0.303. The first-order chi connectivity index (χ1) is 13.0. The van der Waals surface area contributed by atoms with Crippen LogP contribution < -0.4 is 10.4 Å². The Bertz CT molecular complexity index is 1020. The standard InChI is InChI=1S/C22H21ClO4/c1-3-4-5-19-14(2)18-11-10-17(12-21(18)27-22(19)25)26-13-20(24)15-6-8-16(23)9-7-15/h6-12H,3-5,13H2,1-2H3. The van der Waals surface area contributed by atoms with Crippen LogP contribution in [-0.2, 0) is 6.42 Å². The molecule has 27 heavy (non-hydrogen) atoms. The molecule has 0 saturated heterocycles. The Hall–Kier alpha value is -2.59. The Labute approximate surface area is 162 Å². The molecule has 3 aromatic rings. The second kappa shape index (κ2) is 8.40. The van der Waals surface area contributed by atoms with Crippen molar-refractivity contribution in [2.45, 2.75) is 33.1 Å². The molecule has 1 aromatic heterocycles. The summed E-state index contributed by atoms with van der Waals surface area (Å²) >= 11 is 5.83. The van der Waals surface area contributed by atoms with E-state index in [1.54, 1.807) is 36.4 Å². The number of ketones is 1. The van der Waals surface area contributed by atoms with Crippen molar-refractivity contribution in [1.82, 2.24) is 0 Å². The van der Waals surface area contributed by atoms with E-state index in [-0.39, 0.29) is 18.0 Å². The normalized spacial score (nSPS) is 10.9. The molecule has 1 heterocycles. The van der Waals surface area contributed by atoms with Crippen molar-refractivity contribution < 1.29 is 13.9 Å². The number of unbranched alkanes of at least 4 members (excludes halogenated alkanes) is 1. The zero-order valence-electron chi connectivity index (χ0n) is 15.4. The molecule has 0 bridgehead atoms. The molecule has 0 unspecified atom stereocenters. The smallest absolute Gasteiger partial charge is 0.339 e. The second-order valence-electron chi connectivity index (χ2n) is 6.47. The van der Waals surface area contributed by atoms with Gasteiger partial charge in [-0.2, -0.15) is 0 Å². The number of fused-ring (bicyclic) bond motifs is 1. The number of Topliss-reactive ketones (excluding diaryl/α,β-unsaturated/α-hetero) is 1. The molecule has 0 spiro atoms. The molecule has 3 rings (SSSR count). The molecule has 0 saturated carbocycles. The number of hydrogen-bond donors (Lipinski definition) is 0. The Morgan fingerprint density at radius 1 is 1.15 bits per heavy atom. The lowest BCUT2D eigenvalue weighted by molar-refractivity contribution is 0.0921. The van der Waals surface area contributed by atoms with Crippen molar-refractivity contribution in [3.8, 4) is 5.75 Å². The highest BCUT2D eigenvalue weighted by atomic mass is 35.5. The zero-order valence-corrected chi connectivity index (χ0v) is 16.1. The van der Waals surface area contributed by atoms with E-state index in [1.807, 2.05) is 13.0 Å². The highest BCUT2D eigenvalue weighted by molar-refractivity contribution is 6.30. The van der Waals surface area contributed by atoms with E-state index >= 15 is 0 Å². The minimum absolute atomic E-state index is 0.106. The molecule has 2 aromatic carbocycles. The van der Waals surface area contributed by atoms with Gasteiger partial charge < -0.3 is 9.15 Å². The summed E-state index contributed by atoms with van der Waals surface area (Å²) in [6, 6.07) is 12.0. The van der Waals surface area contributed by atoms with Gasteiger partial charge in [0.1, 0.15) is 11.3 Å². The van der Waals surface area contributed by atoms with Gasteiger partial charge in [-0.3, -0.25) is 4.79 Å². The van der Waals surface area contributed by atoms with Crippen LogP contribution in [0.15, 0.2) is 51.7 Å². The van der Waals surface area contributed by atoms with Gasteiger partial charge in [0, 0.05) is 27.6 Å². The van der Waals surface area contributed by atoms with Crippen LogP contribution in [0.4, 0.5) is 0 Å². The van der Waals surface area contributed by atoms with Crippen LogP contribution >= 0.6 is 11.6 Å². The van der Waals surface area contributed by atoms with Gasteiger partial charge in [0.15, 0.2) is 12.4 Å². The number of benzene rings is 2. The summed E-state index contributed by atoms with van der Waals surface area (Å²) in [7, 11) is 0. The molecule has 0 aliphatic heterocycles. The summed E-state index contributed by atoms with van der Waals surface area (Å²) in [5.41, 5.74) is 2.37. The quantitative estimate of drug-likeness (QED) is 0.406. The molecule has 5 heteroatoms. The largest absolute Gasteiger partial charge is 0.485 e. The highest BCUT2D eigenvalue weighted by Crippen LogP contribution is 2.25. The van der Waals surface area contributed by atoms with Gasteiger partial charge in [-0.25, -0.2) is 4.79 Å². The fraction of sp³-hybridized carbons (Fsp3) is 0.273. The number of carbonyl (C=O) groups excluding carboxylic acids is 1. The maximum absolute atomic E-state index is 12.3. The van der Waals surface area contributed by atoms with Crippen molar-refractivity contribution >= 4 is 28.4 Å². The Morgan fingerprint density at radius 3 is 2.59 bits per heavy atom. The van der Waals surface area contributed by atoms with Crippen molar-refractivity contribution in [1.29, 1.82) is 0 Å². The van der Waals surface area contributed by atoms with E-state index in [1.165, 1.54) is 0 Å². The summed E-state index contributed by atoms with van der Waals surface area (Å²) < 4.78 is 11.1. The number of rotatable bonds is 7. The van der Waals surface area contributed by atoms with E-state index in [0.29, 0.717) is 28.3 Å². The maximum Gasteiger partial charge on any atom is 0.339 e. The predicted molar refractivity (Wildman–Crippen MR) is 107 cm³/mol. The summed E-state index contributed by atoms with van der Waals surface area (Å²) in [4.78, 5) is 24.5. The van der Waals surface area contributed by atoms with Crippen LogP contribution in [0, 0.1) is 6.92 Å². The van der Waals surface area contributed by atoms with Gasteiger partial charge in [0.2, 0.25) is 0 Å². The fourth-order valence-corrected chi connectivity index (χ4v) is 3.10. The molecule has 0 atom stereocenters. The third-order valence-corrected chi connectivity index (χ3v) is 4.83. The molecule has 0 N–H and O–H groups in total. The lowest BCUT2D eigenvalue weighted by Crippen LogP contribution is -2.12. The molecule has 4 nitrogen and oxygen atoms in total. The summed E-state index contributed by atoms with van der Waals surface area (Å²) in [5, 5.41) is 1.46. The molecule has 0 aliphatic rings. The Balaban J connectivity index is 1.79. The lowest BCUT2D eigenvalue weighted by Gasteiger charge is -2.10. The first kappa shape index (κ1) is 19.2. The van der Waals surface area contributed by atoms with Gasteiger partial charge in [0.05, 0.1) is 0 Å². The van der Waals surface area contributed by atoms with Crippen LogP contribution in [-0.4, -0.2) is 12.4 Å². The lowest BCUT2D eigenvalue weighted by atomic mass is 10.0. The molecule has 0 amide bonds. The molecular formula is C22H21ClO4. The van der Waals surface area contributed by atoms with Crippen molar-refractivity contribution in [2.24, 2.45) is 0 Å². The van der Waals surface area contributed by atoms with Gasteiger partial charge in [-0.15, -0.1) is 0 Å². The Kier molecular flexibility index (Phi) is 5.97. The monoisotopic (exact) mass is 384 g/mol. The van der Waals surface area contributed by atoms with Crippen LogP contribution in [0.25, 0.3) is 11.0 Å². The third kappa shape index (κ3) is 4.40. The number of ether oxygens (including phenoxy) is 1. The van der Waals surface area contributed by atoms with E-state index in [9.17, 15) is 9.59 Å². The molecule has 0 radical (unpaired) electrons. The molecule has 0 aliphatic carbocycles. The number of carbonyl (C=O) groups is 1. The van der Waals surface area contributed by atoms with Gasteiger partial charge in [-0.1, -0.05) is 24.9 Å². The SMILES string of the molecule is CCCCc1c(C)c2ccc(OCC(=O)c3ccc(Cl)cc3)cc2oc1=O. The molecule has 0 fully saturated rings. The summed E-state index contributed by atoms with van der Waals surface area (Å²) in [6.45, 7) is 3.92. The Morgan fingerprint density at radius 2 is 1.89 bits per heavy atom. The topological polar surface area (TPSA) is 56.5 Å². The van der Waals surface area contributed by atoms with E-state index in [4.69, 9.17) is 20.8 Å². The van der Waals surface area contributed by atoms with Crippen molar-refractivity contribution in [3.05, 3.63) is 74.6 Å². The average molecular weight is 385 g/mol. The first-order valence-corrected chi connectivity index (χ1v) is 9.35. The van der Waals surface area contributed by atoms with Crippen LogP contribution in [0.5, 0.6) is 5.75 Å². The van der Waals surface area contributed by atoms with Gasteiger partial charge >= 0.3 is 5.63 Å². The third-order valence-electron chi connectivity index (χ3n) is 4.58. The van der Waals surface area contributed by atoms with Crippen LogP contribution in [0.3, 0.4) is 0 Å². The van der Waals surface area contributed by atoms with Gasteiger partial charge in [0.25, 0.3) is 0 Å². The summed E-state index contributed by atoms with van der Waals surface area (Å²) in [6.07, 6.45) is 2.69. The van der Waals surface area contributed by atoms with Crippen molar-refractivity contribution in [2.75, 3.05) is 6.61 Å². The molecular weight excluding hydrogens is 364 g/mol. The van der Waals surface area contributed by atoms with Crippen molar-refractivity contribution in [3.63, 3.8) is 0 Å². The maximum atomic E-state index is 12.3. The van der Waals surface area contributed by atoms with Crippen LogP contribution in [0.2, 0.25) is 5.02 Å². The molecule has 140 valence electrons. The number of hydrogen-bond acceptors (Lipinski definition) is 4. The fourth-order valence-electron chi connectivity index (χ4n) is 2.97. The first-order valence-electron chi connectivity index (χ1n) is 8.97. The zero-order chi connectivity index (χ0) is 19.4. The second-order valence-corrected chi connectivity index (χ2v) is 6.91. The van der Waals surface area contributed by atoms with E-state index < -0.39 is 0 Å². The predicted octanol–water partition coefficient (Wildman–Crippen LogP) is 5.36.